The highest BCUT2D eigenvalue weighted by Crippen LogP contribution is 2.14. The van der Waals surface area contributed by atoms with Gasteiger partial charge in [-0.05, 0) is 30.5 Å². The Kier molecular flexibility index (Phi) is 50.6. The van der Waals surface area contributed by atoms with E-state index in [1.807, 2.05) is 30.3 Å². The smallest absolute Gasteiger partial charge is 0.119 e. The van der Waals surface area contributed by atoms with Gasteiger partial charge in [-0.2, -0.15) is 0 Å². The highest BCUT2D eigenvalue weighted by molar-refractivity contribution is 5.48. The molecule has 0 amide bonds. The molecule has 0 unspecified atom stereocenters. The van der Waals surface area contributed by atoms with Crippen molar-refractivity contribution in [3.8, 4) is 5.75 Å². The highest BCUT2D eigenvalue weighted by Gasteiger charge is 1.99. The molecule has 0 saturated carbocycles. The summed E-state index contributed by atoms with van der Waals surface area (Å²) in [5.41, 5.74) is 1.12. The molecule has 1 aromatic rings. The van der Waals surface area contributed by atoms with Crippen molar-refractivity contribution >= 4 is 6.08 Å². The summed E-state index contributed by atoms with van der Waals surface area (Å²) in [6.07, 6.45) is 13.0. The molecule has 0 aromatic heterocycles. The molecule has 0 bridgehead atoms. The highest BCUT2D eigenvalue weighted by atomic mass is 16.6. The molecule has 1 aromatic carbocycles. The topological polar surface area (TPSA) is 148 Å². The number of rotatable bonds is 56. The summed E-state index contributed by atoms with van der Waals surface area (Å²) in [6, 6.07) is 8.08. The SMILES string of the molecule is C=Cc1ccc(OCCCCCCCCCCCOCCOCCOCCOCCOCCOCCOCCOCCOCCOCCOCCOCCOCCOCCOC)cc1. The van der Waals surface area contributed by atoms with Gasteiger partial charge >= 0.3 is 0 Å². The third-order valence-electron chi connectivity index (χ3n) is 9.09. The fraction of sp³-hybridized carbons (Fsp3) is 0.833. The van der Waals surface area contributed by atoms with Gasteiger partial charge in [-0.3, -0.25) is 0 Å². The van der Waals surface area contributed by atoms with Crippen LogP contribution in [0.4, 0.5) is 0 Å². The predicted molar refractivity (Wildman–Crippen MR) is 247 cm³/mol. The molecule has 16 heteroatoms. The number of hydrogen-bond donors (Lipinski definition) is 0. The Morgan fingerprint density at radius 3 is 0.750 bits per heavy atom. The van der Waals surface area contributed by atoms with E-state index in [-0.39, 0.29) is 0 Å². The molecule has 0 saturated heterocycles. The van der Waals surface area contributed by atoms with Crippen LogP contribution in [0.5, 0.6) is 5.75 Å². The first-order valence-corrected chi connectivity index (χ1v) is 23.8. The van der Waals surface area contributed by atoms with E-state index in [4.69, 9.17) is 75.8 Å². The molecule has 0 fully saturated rings. The van der Waals surface area contributed by atoms with E-state index in [1.165, 1.54) is 44.9 Å². The van der Waals surface area contributed by atoms with Crippen molar-refractivity contribution in [2.24, 2.45) is 0 Å². The van der Waals surface area contributed by atoms with E-state index in [9.17, 15) is 0 Å². The largest absolute Gasteiger partial charge is 0.494 e. The summed E-state index contributed by atoms with van der Waals surface area (Å²) in [7, 11) is 1.65. The van der Waals surface area contributed by atoms with Gasteiger partial charge < -0.3 is 75.8 Å². The summed E-state index contributed by atoms with van der Waals surface area (Å²) < 4.78 is 87.8. The van der Waals surface area contributed by atoms with Gasteiger partial charge in [0, 0.05) is 13.7 Å². The second-order valence-corrected chi connectivity index (χ2v) is 14.4. The van der Waals surface area contributed by atoms with E-state index < -0.39 is 0 Å². The second kappa shape index (κ2) is 53.8. The fourth-order valence-electron chi connectivity index (χ4n) is 5.54. The van der Waals surface area contributed by atoms with Gasteiger partial charge in [-0.1, -0.05) is 69.7 Å². The van der Waals surface area contributed by atoms with Crippen LogP contribution in [-0.2, 0) is 71.1 Å². The maximum atomic E-state index is 5.81. The number of ether oxygens (including phenoxy) is 16. The predicted octanol–water partition coefficient (Wildman–Crippen LogP) is 6.10. The van der Waals surface area contributed by atoms with Crippen LogP contribution in [0, 0.1) is 0 Å². The molecule has 0 aliphatic heterocycles. The van der Waals surface area contributed by atoms with Crippen LogP contribution >= 0.6 is 0 Å². The van der Waals surface area contributed by atoms with Crippen molar-refractivity contribution in [3.05, 3.63) is 36.4 Å². The van der Waals surface area contributed by atoms with E-state index in [0.29, 0.717) is 185 Å². The molecule has 16 nitrogen and oxygen atoms in total. The molecule has 0 radical (unpaired) electrons. The van der Waals surface area contributed by atoms with Crippen molar-refractivity contribution in [2.45, 2.75) is 57.8 Å². The minimum Gasteiger partial charge on any atom is -0.494 e. The molecular formula is C48H88O16. The Bertz CT molecular complexity index is 1020. The van der Waals surface area contributed by atoms with Gasteiger partial charge in [0.05, 0.1) is 192 Å². The number of unbranched alkanes of at least 4 members (excludes halogenated alkanes) is 8. The first kappa shape index (κ1) is 60.2. The lowest BCUT2D eigenvalue weighted by Gasteiger charge is -2.09. The molecule has 0 atom stereocenters. The van der Waals surface area contributed by atoms with Crippen molar-refractivity contribution in [1.82, 2.24) is 0 Å². The summed E-state index contributed by atoms with van der Waals surface area (Å²) >= 11 is 0. The van der Waals surface area contributed by atoms with E-state index in [1.54, 1.807) is 7.11 Å². The summed E-state index contributed by atoms with van der Waals surface area (Å²) in [4.78, 5) is 0. The van der Waals surface area contributed by atoms with Crippen molar-refractivity contribution in [2.75, 3.05) is 205 Å². The molecule has 64 heavy (non-hydrogen) atoms. The minimum absolute atomic E-state index is 0.504. The van der Waals surface area contributed by atoms with Crippen LogP contribution in [0.2, 0.25) is 0 Å². The molecule has 0 heterocycles. The van der Waals surface area contributed by atoms with Crippen LogP contribution in [0.3, 0.4) is 0 Å². The molecule has 0 N–H and O–H groups in total. The van der Waals surface area contributed by atoms with Gasteiger partial charge in [0.1, 0.15) is 5.75 Å². The van der Waals surface area contributed by atoms with Gasteiger partial charge in [-0.25, -0.2) is 0 Å². The zero-order valence-electron chi connectivity index (χ0n) is 39.7. The Morgan fingerprint density at radius 2 is 0.500 bits per heavy atom. The maximum Gasteiger partial charge on any atom is 0.119 e. The van der Waals surface area contributed by atoms with Crippen molar-refractivity contribution in [1.29, 1.82) is 0 Å². The normalized spacial score (nSPS) is 11.5. The van der Waals surface area contributed by atoms with E-state index in [2.05, 4.69) is 6.58 Å². The van der Waals surface area contributed by atoms with Crippen LogP contribution in [0.25, 0.3) is 6.08 Å². The molecule has 0 aliphatic rings. The monoisotopic (exact) mass is 921 g/mol. The van der Waals surface area contributed by atoms with Crippen molar-refractivity contribution in [3.63, 3.8) is 0 Å². The zero-order chi connectivity index (χ0) is 45.6. The third-order valence-corrected chi connectivity index (χ3v) is 9.09. The molecule has 1 rings (SSSR count). The lowest BCUT2D eigenvalue weighted by atomic mass is 10.1. The van der Waals surface area contributed by atoms with Gasteiger partial charge in [0.15, 0.2) is 0 Å². The molecule has 0 spiro atoms. The first-order valence-electron chi connectivity index (χ1n) is 23.8. The Hall–Kier alpha value is -1.84. The lowest BCUT2D eigenvalue weighted by Crippen LogP contribution is -2.15. The van der Waals surface area contributed by atoms with E-state index >= 15 is 0 Å². The minimum atomic E-state index is 0.504. The van der Waals surface area contributed by atoms with Gasteiger partial charge in [0.25, 0.3) is 0 Å². The number of benzene rings is 1. The van der Waals surface area contributed by atoms with E-state index in [0.717, 1.165) is 37.4 Å². The second-order valence-electron chi connectivity index (χ2n) is 14.4. The van der Waals surface area contributed by atoms with Crippen LogP contribution in [0.15, 0.2) is 30.8 Å². The summed E-state index contributed by atoms with van der Waals surface area (Å²) in [5.74, 6) is 0.939. The molecule has 0 aliphatic carbocycles. The summed E-state index contributed by atoms with van der Waals surface area (Å²) in [6.45, 7) is 20.2. The lowest BCUT2D eigenvalue weighted by molar-refractivity contribution is -0.0298. The summed E-state index contributed by atoms with van der Waals surface area (Å²) in [5, 5.41) is 0. The Labute approximate surface area is 386 Å². The first-order chi connectivity index (χ1) is 31.9. The van der Waals surface area contributed by atoms with Gasteiger partial charge in [0.2, 0.25) is 0 Å². The molecule has 376 valence electrons. The van der Waals surface area contributed by atoms with Crippen molar-refractivity contribution < 1.29 is 75.8 Å². The molecular weight excluding hydrogens is 833 g/mol. The third kappa shape index (κ3) is 48.1. The number of methoxy groups -OCH3 is 1. The van der Waals surface area contributed by atoms with Crippen LogP contribution in [-0.4, -0.2) is 205 Å². The number of hydrogen-bond acceptors (Lipinski definition) is 16. The quantitative estimate of drug-likeness (QED) is 0.0693. The average molecular weight is 921 g/mol. The zero-order valence-corrected chi connectivity index (χ0v) is 39.7. The van der Waals surface area contributed by atoms with Crippen LogP contribution in [0.1, 0.15) is 63.4 Å². The maximum absolute atomic E-state index is 5.81. The Morgan fingerprint density at radius 1 is 0.281 bits per heavy atom. The van der Waals surface area contributed by atoms with Crippen LogP contribution < -0.4 is 4.74 Å². The Balaban J connectivity index is 1.60. The fourth-order valence-corrected chi connectivity index (χ4v) is 5.54. The van der Waals surface area contributed by atoms with Gasteiger partial charge in [-0.15, -0.1) is 0 Å². The average Bonchev–Trinajstić information content (AvgIpc) is 3.31. The standard InChI is InChI=1S/C48H88O16/c1-3-47-13-15-48(16-14-47)64-18-12-10-8-6-4-5-7-9-11-17-50-21-22-52-25-26-54-29-30-56-33-34-58-37-38-60-41-42-62-45-46-63-44-43-61-40-39-59-36-35-57-32-31-55-28-27-53-24-23-51-20-19-49-2/h3,13-16H,1,4-12,17-46H2,2H3.